The molecule has 1 saturated heterocycles. The Morgan fingerprint density at radius 3 is 2.30 bits per heavy atom. The second kappa shape index (κ2) is 14.0. The van der Waals surface area contributed by atoms with Crippen LogP contribution in [0.4, 0.5) is 0 Å². The Hall–Kier alpha value is -2.12. The SMILES string of the molecule is CN1CCNCC1.O=C(O)CCCCCCCNC(=O)c1ccccc1O. The topological polar surface area (TPSA) is 102 Å². The number of rotatable bonds is 9. The van der Waals surface area contributed by atoms with E-state index in [1.165, 1.54) is 19.2 Å². The van der Waals surface area contributed by atoms with Crippen LogP contribution in [-0.2, 0) is 4.79 Å². The summed E-state index contributed by atoms with van der Waals surface area (Å²) in [5.41, 5.74) is 0.286. The maximum absolute atomic E-state index is 11.7. The molecule has 7 heteroatoms. The lowest BCUT2D eigenvalue weighted by Crippen LogP contribution is -2.40. The molecule has 4 N–H and O–H groups in total. The van der Waals surface area contributed by atoms with Gasteiger partial charge in [-0.2, -0.15) is 0 Å². The zero-order valence-electron chi connectivity index (χ0n) is 16.2. The lowest BCUT2D eigenvalue weighted by molar-refractivity contribution is -0.137. The van der Waals surface area contributed by atoms with Crippen LogP contribution in [0.2, 0.25) is 0 Å². The first-order valence-electron chi connectivity index (χ1n) is 9.68. The van der Waals surface area contributed by atoms with E-state index in [-0.39, 0.29) is 23.6 Å². The van der Waals surface area contributed by atoms with Gasteiger partial charge in [-0.1, -0.05) is 31.4 Å². The summed E-state index contributed by atoms with van der Waals surface area (Å²) in [4.78, 5) is 24.4. The summed E-state index contributed by atoms with van der Waals surface area (Å²) in [6.45, 7) is 5.30. The van der Waals surface area contributed by atoms with E-state index in [1.807, 2.05) is 0 Å². The molecule has 1 amide bonds. The van der Waals surface area contributed by atoms with Crippen molar-refractivity contribution in [3.63, 3.8) is 0 Å². The summed E-state index contributed by atoms with van der Waals surface area (Å²) in [7, 11) is 2.15. The number of carboxylic acid groups (broad SMARTS) is 1. The fourth-order valence-electron chi connectivity index (χ4n) is 2.67. The molecular formula is C20H33N3O4. The number of phenols is 1. The Balaban J connectivity index is 0.000000433. The summed E-state index contributed by atoms with van der Waals surface area (Å²) in [6.07, 6.45) is 4.62. The molecule has 1 aliphatic heterocycles. The third kappa shape index (κ3) is 11.2. The molecule has 0 unspecified atom stereocenters. The van der Waals surface area contributed by atoms with Gasteiger partial charge in [-0.15, -0.1) is 0 Å². The largest absolute Gasteiger partial charge is 0.507 e. The number of carbonyl (C=O) groups excluding carboxylic acids is 1. The highest BCUT2D eigenvalue weighted by atomic mass is 16.4. The first-order valence-corrected chi connectivity index (χ1v) is 9.68. The summed E-state index contributed by atoms with van der Waals surface area (Å²) in [6, 6.07) is 6.44. The van der Waals surface area contributed by atoms with E-state index in [9.17, 15) is 14.7 Å². The highest BCUT2D eigenvalue weighted by Gasteiger charge is 2.08. The fourth-order valence-corrected chi connectivity index (χ4v) is 2.67. The van der Waals surface area contributed by atoms with E-state index in [2.05, 4.69) is 22.6 Å². The van der Waals surface area contributed by atoms with Crippen LogP contribution in [0.15, 0.2) is 24.3 Å². The molecule has 152 valence electrons. The number of carboxylic acids is 1. The molecule has 7 nitrogen and oxygen atoms in total. The van der Waals surface area contributed by atoms with E-state index in [1.54, 1.807) is 18.2 Å². The van der Waals surface area contributed by atoms with Crippen molar-refractivity contribution in [2.45, 2.75) is 38.5 Å². The van der Waals surface area contributed by atoms with Gasteiger partial charge < -0.3 is 25.7 Å². The maximum atomic E-state index is 11.7. The number of hydrogen-bond donors (Lipinski definition) is 4. The zero-order valence-corrected chi connectivity index (χ0v) is 16.2. The van der Waals surface area contributed by atoms with Crippen LogP contribution < -0.4 is 10.6 Å². The molecule has 27 heavy (non-hydrogen) atoms. The molecule has 0 radical (unpaired) electrons. The minimum Gasteiger partial charge on any atom is -0.507 e. The van der Waals surface area contributed by atoms with E-state index >= 15 is 0 Å². The maximum Gasteiger partial charge on any atom is 0.303 e. The van der Waals surface area contributed by atoms with E-state index in [0.29, 0.717) is 13.0 Å². The Labute approximate surface area is 161 Å². The number of phenolic OH excluding ortho intramolecular Hbond substituents is 1. The number of amides is 1. The van der Waals surface area contributed by atoms with Gasteiger partial charge in [0.1, 0.15) is 5.75 Å². The molecule has 1 heterocycles. The van der Waals surface area contributed by atoms with Crippen molar-refractivity contribution in [1.29, 1.82) is 0 Å². The number of nitrogens with one attached hydrogen (secondary N) is 2. The Morgan fingerprint density at radius 2 is 1.70 bits per heavy atom. The van der Waals surface area contributed by atoms with Crippen molar-refractivity contribution >= 4 is 11.9 Å². The van der Waals surface area contributed by atoms with Crippen molar-refractivity contribution in [2.75, 3.05) is 39.8 Å². The van der Waals surface area contributed by atoms with E-state index < -0.39 is 5.97 Å². The molecule has 1 aliphatic rings. The van der Waals surface area contributed by atoms with Gasteiger partial charge in [-0.25, -0.2) is 0 Å². The summed E-state index contributed by atoms with van der Waals surface area (Å²) in [5, 5.41) is 24.0. The van der Waals surface area contributed by atoms with Crippen molar-refractivity contribution in [1.82, 2.24) is 15.5 Å². The molecule has 0 bridgehead atoms. The monoisotopic (exact) mass is 379 g/mol. The minimum absolute atomic E-state index is 0.0151. The highest BCUT2D eigenvalue weighted by Crippen LogP contribution is 2.15. The molecule has 0 aliphatic carbocycles. The number of likely N-dealkylation sites (N-methyl/N-ethyl adjacent to an activating group) is 1. The predicted octanol–water partition coefficient (Wildman–Crippen LogP) is 2.07. The summed E-state index contributed by atoms with van der Waals surface area (Å²) >= 11 is 0. The molecule has 1 aromatic carbocycles. The first kappa shape index (κ1) is 22.9. The minimum atomic E-state index is -0.750. The van der Waals surface area contributed by atoms with Crippen LogP contribution in [0, 0.1) is 0 Å². The van der Waals surface area contributed by atoms with E-state index in [0.717, 1.165) is 38.8 Å². The number of unbranched alkanes of at least 4 members (excludes halogenated alkanes) is 4. The zero-order chi connectivity index (χ0) is 19.9. The van der Waals surface area contributed by atoms with Gasteiger partial charge in [0.15, 0.2) is 0 Å². The molecular weight excluding hydrogens is 346 g/mol. The number of para-hydroxylation sites is 1. The Bertz CT molecular complexity index is 560. The van der Waals surface area contributed by atoms with Crippen molar-refractivity contribution in [3.8, 4) is 5.75 Å². The van der Waals surface area contributed by atoms with Gasteiger partial charge in [0.05, 0.1) is 5.56 Å². The van der Waals surface area contributed by atoms with Crippen LogP contribution in [0.3, 0.4) is 0 Å². The van der Waals surface area contributed by atoms with Gasteiger partial charge in [0.25, 0.3) is 5.91 Å². The van der Waals surface area contributed by atoms with Gasteiger partial charge in [0.2, 0.25) is 0 Å². The normalized spacial score (nSPS) is 14.1. The molecule has 1 fully saturated rings. The molecule has 0 saturated carbocycles. The van der Waals surface area contributed by atoms with Crippen molar-refractivity contribution in [3.05, 3.63) is 29.8 Å². The van der Waals surface area contributed by atoms with Gasteiger partial charge >= 0.3 is 5.97 Å². The molecule has 2 rings (SSSR count). The highest BCUT2D eigenvalue weighted by molar-refractivity contribution is 5.96. The molecule has 0 atom stereocenters. The number of aromatic hydroxyl groups is 1. The first-order chi connectivity index (χ1) is 13.0. The van der Waals surface area contributed by atoms with Crippen LogP contribution >= 0.6 is 0 Å². The molecule has 0 spiro atoms. The fraction of sp³-hybridized carbons (Fsp3) is 0.600. The lowest BCUT2D eigenvalue weighted by atomic mass is 10.1. The number of carbonyl (C=O) groups is 2. The quantitative estimate of drug-likeness (QED) is 0.490. The Kier molecular flexibility index (Phi) is 11.9. The van der Waals surface area contributed by atoms with E-state index in [4.69, 9.17) is 5.11 Å². The molecule has 1 aromatic rings. The number of aliphatic carboxylic acids is 1. The van der Waals surface area contributed by atoms with Crippen molar-refractivity contribution < 1.29 is 19.8 Å². The standard InChI is InChI=1S/C15H21NO4.C5H12N2/c17-13-9-6-5-8-12(13)15(20)16-11-7-3-1-2-4-10-14(18)19;1-7-4-2-6-3-5-7/h5-6,8-9,17H,1-4,7,10-11H2,(H,16,20)(H,18,19);6H,2-5H2,1H3. The number of nitrogens with zero attached hydrogens (tertiary/aromatic N) is 1. The average Bonchev–Trinajstić information content (AvgIpc) is 2.65. The van der Waals surface area contributed by atoms with Crippen LogP contribution in [0.25, 0.3) is 0 Å². The third-order valence-electron chi connectivity index (χ3n) is 4.34. The Morgan fingerprint density at radius 1 is 1.07 bits per heavy atom. The second-order valence-corrected chi connectivity index (χ2v) is 6.74. The van der Waals surface area contributed by atoms with Gasteiger partial charge in [0, 0.05) is 39.1 Å². The third-order valence-corrected chi connectivity index (χ3v) is 4.34. The van der Waals surface area contributed by atoms with Gasteiger partial charge in [-0.3, -0.25) is 9.59 Å². The van der Waals surface area contributed by atoms with Crippen LogP contribution in [0.5, 0.6) is 5.75 Å². The van der Waals surface area contributed by atoms with Crippen LogP contribution in [0.1, 0.15) is 48.9 Å². The summed E-state index contributed by atoms with van der Waals surface area (Å²) < 4.78 is 0. The summed E-state index contributed by atoms with van der Waals surface area (Å²) in [5.74, 6) is -1.03. The number of benzene rings is 1. The second-order valence-electron chi connectivity index (χ2n) is 6.74. The smallest absolute Gasteiger partial charge is 0.303 e. The van der Waals surface area contributed by atoms with Crippen molar-refractivity contribution in [2.24, 2.45) is 0 Å². The van der Waals surface area contributed by atoms with Gasteiger partial charge in [-0.05, 0) is 32.0 Å². The number of piperazine rings is 1. The number of hydrogen-bond acceptors (Lipinski definition) is 5. The lowest BCUT2D eigenvalue weighted by Gasteiger charge is -2.21. The predicted molar refractivity (Wildman–Crippen MR) is 106 cm³/mol. The van der Waals surface area contributed by atoms with Crippen LogP contribution in [-0.4, -0.2) is 66.8 Å². The average molecular weight is 380 g/mol. The molecule has 0 aromatic heterocycles.